The molecule has 6 heteroatoms. The highest BCUT2D eigenvalue weighted by Crippen LogP contribution is 2.19. The van der Waals surface area contributed by atoms with Crippen molar-refractivity contribution in [2.45, 2.75) is 0 Å². The minimum absolute atomic E-state index is 0.382. The molecule has 2 amide bonds. The van der Waals surface area contributed by atoms with Crippen LogP contribution < -0.4 is 10.6 Å². The monoisotopic (exact) mass is 347 g/mol. The van der Waals surface area contributed by atoms with Gasteiger partial charge in [0, 0.05) is 29.0 Å². The van der Waals surface area contributed by atoms with Gasteiger partial charge < -0.3 is 15.4 Å². The molecule has 2 aromatic carbocycles. The summed E-state index contributed by atoms with van der Waals surface area (Å²) in [5.74, 6) is -0.464. The molecule has 0 aliphatic rings. The number of ether oxygens (including phenoxy) is 1. The molecule has 0 radical (unpaired) electrons. The summed E-state index contributed by atoms with van der Waals surface area (Å²) in [6, 6.07) is 16.0. The number of carbonyl (C=O) groups is 2. The summed E-state index contributed by atoms with van der Waals surface area (Å²) in [7, 11) is 1.31. The summed E-state index contributed by atoms with van der Waals surface area (Å²) in [4.78, 5) is 27.8. The average Bonchev–Trinajstić information content (AvgIpc) is 2.67. The van der Waals surface area contributed by atoms with Crippen molar-refractivity contribution >= 4 is 40.4 Å². The Bertz CT molecular complexity index is 983. The molecule has 0 aliphatic carbocycles. The molecular formula is C20H17N3O3. The number of hydrogen-bond acceptors (Lipinski definition) is 4. The van der Waals surface area contributed by atoms with Crippen molar-refractivity contribution in [2.24, 2.45) is 0 Å². The van der Waals surface area contributed by atoms with Crippen LogP contribution >= 0.6 is 0 Å². The van der Waals surface area contributed by atoms with Crippen molar-refractivity contribution in [2.75, 3.05) is 17.7 Å². The third-order valence-electron chi connectivity index (χ3n) is 3.67. The van der Waals surface area contributed by atoms with Gasteiger partial charge in [-0.05, 0) is 42.0 Å². The first kappa shape index (κ1) is 17.2. The zero-order valence-electron chi connectivity index (χ0n) is 14.1. The van der Waals surface area contributed by atoms with Crippen LogP contribution in [0.4, 0.5) is 16.2 Å². The number of nitrogens with one attached hydrogen (secondary N) is 2. The molecule has 3 aromatic rings. The molecule has 2 N–H and O–H groups in total. The fraction of sp³-hybridized carbons (Fsp3) is 0.0500. The van der Waals surface area contributed by atoms with Crippen molar-refractivity contribution < 1.29 is 14.3 Å². The van der Waals surface area contributed by atoms with Gasteiger partial charge in [0.15, 0.2) is 0 Å². The van der Waals surface area contributed by atoms with Crippen LogP contribution in [0.1, 0.15) is 5.56 Å². The summed E-state index contributed by atoms with van der Waals surface area (Å²) in [5, 5.41) is 6.51. The third-order valence-corrected chi connectivity index (χ3v) is 3.67. The van der Waals surface area contributed by atoms with E-state index in [1.165, 1.54) is 13.2 Å². The summed E-state index contributed by atoms with van der Waals surface area (Å²) < 4.78 is 4.58. The number of aromatic nitrogens is 1. The lowest BCUT2D eigenvalue weighted by molar-refractivity contribution is -0.134. The number of urea groups is 1. The first-order valence-electron chi connectivity index (χ1n) is 7.93. The molecule has 0 saturated carbocycles. The van der Waals surface area contributed by atoms with Crippen LogP contribution in [-0.2, 0) is 9.53 Å². The molecule has 0 fully saturated rings. The second-order valence-corrected chi connectivity index (χ2v) is 5.43. The lowest BCUT2D eigenvalue weighted by Crippen LogP contribution is -2.19. The molecule has 26 heavy (non-hydrogen) atoms. The van der Waals surface area contributed by atoms with Crippen LogP contribution in [-0.4, -0.2) is 24.1 Å². The Kier molecular flexibility index (Phi) is 5.24. The van der Waals surface area contributed by atoms with Crippen LogP contribution in [0.5, 0.6) is 0 Å². The Hall–Kier alpha value is -3.67. The summed E-state index contributed by atoms with van der Waals surface area (Å²) in [6.45, 7) is 0. The van der Waals surface area contributed by atoms with Gasteiger partial charge in [-0.25, -0.2) is 9.59 Å². The first-order valence-corrected chi connectivity index (χ1v) is 7.93. The third kappa shape index (κ3) is 4.24. The topological polar surface area (TPSA) is 80.3 Å². The van der Waals surface area contributed by atoms with E-state index < -0.39 is 5.97 Å². The first-order chi connectivity index (χ1) is 12.7. The molecule has 1 heterocycles. The van der Waals surface area contributed by atoms with E-state index in [9.17, 15) is 9.59 Å². The van der Waals surface area contributed by atoms with Gasteiger partial charge in [0.05, 0.1) is 12.6 Å². The van der Waals surface area contributed by atoms with E-state index in [1.807, 2.05) is 30.3 Å². The minimum atomic E-state index is -0.464. The number of amides is 2. The predicted octanol–water partition coefficient (Wildman–Crippen LogP) is 4.07. The largest absolute Gasteiger partial charge is 0.466 e. The number of hydrogen-bond donors (Lipinski definition) is 2. The normalized spacial score (nSPS) is 10.7. The molecule has 6 nitrogen and oxygen atoms in total. The predicted molar refractivity (Wildman–Crippen MR) is 102 cm³/mol. The number of para-hydroxylation sites is 1. The van der Waals surface area contributed by atoms with Gasteiger partial charge in [0.25, 0.3) is 0 Å². The van der Waals surface area contributed by atoms with E-state index in [2.05, 4.69) is 20.4 Å². The number of benzene rings is 2. The van der Waals surface area contributed by atoms with Crippen LogP contribution in [0.3, 0.4) is 0 Å². The SMILES string of the molecule is COC(=O)C=Cc1ccccc1NC(=O)Nc1ccc2ncccc2c1. The summed E-state index contributed by atoms with van der Waals surface area (Å²) >= 11 is 0. The van der Waals surface area contributed by atoms with Crippen LogP contribution in [0, 0.1) is 0 Å². The minimum Gasteiger partial charge on any atom is -0.466 e. The van der Waals surface area contributed by atoms with E-state index >= 15 is 0 Å². The van der Waals surface area contributed by atoms with Gasteiger partial charge in [0.2, 0.25) is 0 Å². The number of nitrogens with zero attached hydrogens (tertiary/aromatic N) is 1. The van der Waals surface area contributed by atoms with Gasteiger partial charge in [-0.2, -0.15) is 0 Å². The van der Waals surface area contributed by atoms with Crippen molar-refractivity contribution in [1.82, 2.24) is 4.98 Å². The Morgan fingerprint density at radius 2 is 1.88 bits per heavy atom. The lowest BCUT2D eigenvalue weighted by atomic mass is 10.1. The number of carbonyl (C=O) groups excluding carboxylic acids is 2. The smallest absolute Gasteiger partial charge is 0.330 e. The Labute approximate surface area is 150 Å². The number of methoxy groups -OCH3 is 1. The molecule has 3 rings (SSSR count). The van der Waals surface area contributed by atoms with Gasteiger partial charge in [-0.1, -0.05) is 24.3 Å². The van der Waals surface area contributed by atoms with Crippen molar-refractivity contribution in [3.05, 3.63) is 72.4 Å². The van der Waals surface area contributed by atoms with Crippen LogP contribution in [0.25, 0.3) is 17.0 Å². The Morgan fingerprint density at radius 3 is 2.73 bits per heavy atom. The highest BCUT2D eigenvalue weighted by molar-refractivity contribution is 6.02. The maximum atomic E-state index is 12.3. The molecule has 0 atom stereocenters. The highest BCUT2D eigenvalue weighted by atomic mass is 16.5. The lowest BCUT2D eigenvalue weighted by Gasteiger charge is -2.10. The number of esters is 1. The van der Waals surface area contributed by atoms with Gasteiger partial charge in [-0.3, -0.25) is 4.98 Å². The van der Waals surface area contributed by atoms with Gasteiger partial charge in [-0.15, -0.1) is 0 Å². The molecular weight excluding hydrogens is 330 g/mol. The molecule has 0 bridgehead atoms. The fourth-order valence-electron chi connectivity index (χ4n) is 2.42. The maximum Gasteiger partial charge on any atom is 0.330 e. The zero-order valence-corrected chi connectivity index (χ0v) is 14.1. The van der Waals surface area contributed by atoms with Gasteiger partial charge >= 0.3 is 12.0 Å². The molecule has 0 saturated heterocycles. The molecule has 1 aromatic heterocycles. The Morgan fingerprint density at radius 1 is 1.04 bits per heavy atom. The second kappa shape index (κ2) is 7.94. The number of pyridine rings is 1. The van der Waals surface area contributed by atoms with E-state index in [0.717, 1.165) is 10.9 Å². The zero-order chi connectivity index (χ0) is 18.4. The van der Waals surface area contributed by atoms with E-state index in [-0.39, 0.29) is 6.03 Å². The fourth-order valence-corrected chi connectivity index (χ4v) is 2.42. The van der Waals surface area contributed by atoms with Crippen molar-refractivity contribution in [3.8, 4) is 0 Å². The molecule has 0 aliphatic heterocycles. The molecule has 0 unspecified atom stereocenters. The summed E-state index contributed by atoms with van der Waals surface area (Å²) in [6.07, 6.45) is 4.61. The average molecular weight is 347 g/mol. The van der Waals surface area contributed by atoms with E-state index in [4.69, 9.17) is 0 Å². The van der Waals surface area contributed by atoms with Crippen molar-refractivity contribution in [1.29, 1.82) is 0 Å². The number of anilines is 2. The number of rotatable bonds is 4. The van der Waals surface area contributed by atoms with E-state index in [0.29, 0.717) is 16.9 Å². The molecule has 130 valence electrons. The second-order valence-electron chi connectivity index (χ2n) is 5.43. The quantitative estimate of drug-likeness (QED) is 0.551. The number of fused-ring (bicyclic) bond motifs is 1. The van der Waals surface area contributed by atoms with E-state index in [1.54, 1.807) is 36.5 Å². The van der Waals surface area contributed by atoms with Crippen molar-refractivity contribution in [3.63, 3.8) is 0 Å². The maximum absolute atomic E-state index is 12.3. The molecule has 0 spiro atoms. The standard InChI is InChI=1S/C20H17N3O3/c1-26-19(24)11-8-14-5-2-3-7-18(14)23-20(25)22-16-9-10-17-15(13-16)6-4-12-21-17/h2-13H,1H3,(H2,22,23,25). The summed E-state index contributed by atoms with van der Waals surface area (Å²) in [5.41, 5.74) is 2.78. The van der Waals surface area contributed by atoms with Gasteiger partial charge in [0.1, 0.15) is 0 Å². The van der Waals surface area contributed by atoms with Crippen LogP contribution in [0.2, 0.25) is 0 Å². The van der Waals surface area contributed by atoms with Crippen LogP contribution in [0.15, 0.2) is 66.9 Å². The Balaban J connectivity index is 1.73. The highest BCUT2D eigenvalue weighted by Gasteiger charge is 2.06.